The molecule has 1 aliphatic heterocycles. The lowest BCUT2D eigenvalue weighted by molar-refractivity contribution is -0.577. The fourth-order valence-corrected chi connectivity index (χ4v) is 4.48. The van der Waals surface area contributed by atoms with E-state index in [0.717, 1.165) is 16.0 Å². The number of methoxy groups -OCH3 is 1. The third kappa shape index (κ3) is 4.47. The zero-order valence-electron chi connectivity index (χ0n) is 20.3. The Bertz CT molecular complexity index is 1340. The molecular formula is C26H27ClN4O4. The molecule has 2 aromatic heterocycles. The number of imide groups is 1. The second-order valence-electron chi connectivity index (χ2n) is 8.89. The Morgan fingerprint density at radius 2 is 1.80 bits per heavy atom. The fraction of sp³-hybridized carbons (Fsp3) is 0.308. The van der Waals surface area contributed by atoms with Gasteiger partial charge in [0, 0.05) is 28.8 Å². The predicted octanol–water partition coefficient (Wildman–Crippen LogP) is 3.01. The van der Waals surface area contributed by atoms with Gasteiger partial charge in [0.2, 0.25) is 0 Å². The van der Waals surface area contributed by atoms with Crippen LogP contribution in [-0.4, -0.2) is 46.8 Å². The first-order valence-corrected chi connectivity index (χ1v) is 11.7. The highest BCUT2D eigenvalue weighted by molar-refractivity contribution is 6.45. The van der Waals surface area contributed by atoms with Crippen LogP contribution in [0.4, 0.5) is 0 Å². The SMILES string of the molecule is COCCN1C(=O)C(c2c(C(C)C)nn(-c3cccc(Cl)c3)c2[O-])=C([n+]2cc(C)cc(C)c2)C1=O. The molecule has 1 aliphatic rings. The molecule has 0 radical (unpaired) electrons. The van der Waals surface area contributed by atoms with E-state index >= 15 is 0 Å². The molecule has 0 N–H and O–H groups in total. The Hall–Kier alpha value is -3.49. The van der Waals surface area contributed by atoms with Gasteiger partial charge in [0.15, 0.2) is 12.4 Å². The lowest BCUT2D eigenvalue weighted by Gasteiger charge is -2.15. The average Bonchev–Trinajstić information content (AvgIpc) is 3.25. The average molecular weight is 495 g/mol. The highest BCUT2D eigenvalue weighted by Gasteiger charge is 2.46. The smallest absolute Gasteiger partial charge is 0.326 e. The molecule has 4 rings (SSSR count). The minimum atomic E-state index is -0.543. The number of aryl methyl sites for hydroxylation is 2. The molecule has 3 heterocycles. The van der Waals surface area contributed by atoms with Gasteiger partial charge in [-0.1, -0.05) is 31.5 Å². The monoisotopic (exact) mass is 494 g/mol. The summed E-state index contributed by atoms with van der Waals surface area (Å²) in [4.78, 5) is 28.4. The van der Waals surface area contributed by atoms with Gasteiger partial charge in [0.25, 0.3) is 11.6 Å². The molecule has 182 valence electrons. The Balaban J connectivity index is 2.02. The second kappa shape index (κ2) is 9.64. The number of aromatic nitrogens is 3. The van der Waals surface area contributed by atoms with Crippen LogP contribution >= 0.6 is 11.6 Å². The molecule has 0 unspecified atom stereocenters. The van der Waals surface area contributed by atoms with Crippen molar-refractivity contribution in [2.24, 2.45) is 0 Å². The van der Waals surface area contributed by atoms with Crippen LogP contribution in [-0.2, 0) is 14.3 Å². The minimum absolute atomic E-state index is 0.0445. The first-order valence-electron chi connectivity index (χ1n) is 11.3. The summed E-state index contributed by atoms with van der Waals surface area (Å²) in [6, 6.07) is 8.74. The van der Waals surface area contributed by atoms with Crippen LogP contribution in [0.1, 0.15) is 42.1 Å². The number of ether oxygens (including phenoxy) is 1. The first kappa shape index (κ1) is 24.6. The van der Waals surface area contributed by atoms with Crippen molar-refractivity contribution < 1.29 is 24.0 Å². The van der Waals surface area contributed by atoms with Crippen LogP contribution in [0.3, 0.4) is 0 Å². The first-order chi connectivity index (χ1) is 16.6. The van der Waals surface area contributed by atoms with Crippen molar-refractivity contribution >= 4 is 34.7 Å². The molecule has 0 saturated carbocycles. The molecule has 0 saturated heterocycles. The largest absolute Gasteiger partial charge is 0.858 e. The van der Waals surface area contributed by atoms with Gasteiger partial charge in [0.1, 0.15) is 5.57 Å². The van der Waals surface area contributed by atoms with E-state index in [2.05, 4.69) is 5.10 Å². The van der Waals surface area contributed by atoms with Gasteiger partial charge >= 0.3 is 5.91 Å². The lowest BCUT2D eigenvalue weighted by atomic mass is 9.98. The highest BCUT2D eigenvalue weighted by Crippen LogP contribution is 2.39. The van der Waals surface area contributed by atoms with Crippen molar-refractivity contribution in [2.45, 2.75) is 33.6 Å². The zero-order valence-corrected chi connectivity index (χ0v) is 21.1. The van der Waals surface area contributed by atoms with E-state index < -0.39 is 17.7 Å². The van der Waals surface area contributed by atoms with Gasteiger partial charge in [-0.15, -0.1) is 0 Å². The fourth-order valence-electron chi connectivity index (χ4n) is 4.29. The van der Waals surface area contributed by atoms with Crippen LogP contribution in [0.2, 0.25) is 5.02 Å². The van der Waals surface area contributed by atoms with E-state index in [-0.39, 0.29) is 35.9 Å². The van der Waals surface area contributed by atoms with Gasteiger partial charge < -0.3 is 9.84 Å². The summed E-state index contributed by atoms with van der Waals surface area (Å²) in [6.07, 6.45) is 3.54. The Morgan fingerprint density at radius 3 is 2.40 bits per heavy atom. The molecule has 0 atom stereocenters. The maximum absolute atomic E-state index is 13.8. The number of carbonyl (C=O) groups excluding carboxylic acids is 2. The van der Waals surface area contributed by atoms with Crippen LogP contribution < -0.4 is 9.67 Å². The minimum Gasteiger partial charge on any atom is -0.858 e. The summed E-state index contributed by atoms with van der Waals surface area (Å²) < 4.78 is 7.99. The maximum Gasteiger partial charge on any atom is 0.326 e. The van der Waals surface area contributed by atoms with Crippen LogP contribution in [0.25, 0.3) is 17.0 Å². The van der Waals surface area contributed by atoms with E-state index in [1.54, 1.807) is 41.2 Å². The van der Waals surface area contributed by atoms with Crippen molar-refractivity contribution in [1.29, 1.82) is 0 Å². The van der Waals surface area contributed by atoms with Gasteiger partial charge in [-0.2, -0.15) is 9.67 Å². The van der Waals surface area contributed by atoms with Gasteiger partial charge in [-0.3, -0.25) is 14.5 Å². The summed E-state index contributed by atoms with van der Waals surface area (Å²) >= 11 is 6.15. The van der Waals surface area contributed by atoms with Crippen LogP contribution in [0, 0.1) is 13.8 Å². The Kier molecular flexibility index (Phi) is 6.78. The van der Waals surface area contributed by atoms with Crippen LogP contribution in [0.5, 0.6) is 5.88 Å². The number of benzene rings is 1. The van der Waals surface area contributed by atoms with Crippen molar-refractivity contribution in [3.05, 3.63) is 70.1 Å². The van der Waals surface area contributed by atoms with E-state index in [0.29, 0.717) is 16.4 Å². The lowest BCUT2D eigenvalue weighted by Crippen LogP contribution is -2.41. The number of carbonyl (C=O) groups is 2. The summed E-state index contributed by atoms with van der Waals surface area (Å²) in [5.41, 5.74) is 3.03. The topological polar surface area (TPSA) is 91.4 Å². The molecule has 35 heavy (non-hydrogen) atoms. The second-order valence-corrected chi connectivity index (χ2v) is 9.32. The number of amides is 2. The maximum atomic E-state index is 13.8. The molecule has 1 aromatic carbocycles. The number of hydrogen-bond acceptors (Lipinski definition) is 5. The van der Waals surface area contributed by atoms with Crippen molar-refractivity contribution in [3.63, 3.8) is 0 Å². The van der Waals surface area contributed by atoms with E-state index in [1.165, 1.54) is 11.8 Å². The summed E-state index contributed by atoms with van der Waals surface area (Å²) in [5, 5.41) is 18.8. The van der Waals surface area contributed by atoms with Crippen LogP contribution in [0.15, 0.2) is 42.7 Å². The molecule has 2 amide bonds. The number of halogens is 1. The molecular weight excluding hydrogens is 468 g/mol. The van der Waals surface area contributed by atoms with Crippen molar-refractivity contribution in [1.82, 2.24) is 14.7 Å². The van der Waals surface area contributed by atoms with E-state index in [1.807, 2.05) is 33.8 Å². The predicted molar refractivity (Wildman–Crippen MR) is 130 cm³/mol. The van der Waals surface area contributed by atoms with Gasteiger partial charge in [0.05, 0.1) is 24.5 Å². The Labute approximate surface area is 209 Å². The molecule has 0 spiro atoms. The van der Waals surface area contributed by atoms with E-state index in [4.69, 9.17) is 16.3 Å². The third-order valence-corrected chi connectivity index (χ3v) is 6.02. The molecule has 3 aromatic rings. The number of pyridine rings is 1. The normalized spacial score (nSPS) is 14.1. The Morgan fingerprint density at radius 1 is 1.11 bits per heavy atom. The van der Waals surface area contributed by atoms with Gasteiger partial charge in [-0.05, 0) is 49.9 Å². The zero-order chi connectivity index (χ0) is 25.4. The summed E-state index contributed by atoms with van der Waals surface area (Å²) in [7, 11) is 1.50. The quantitative estimate of drug-likeness (QED) is 0.372. The molecule has 8 nitrogen and oxygen atoms in total. The third-order valence-electron chi connectivity index (χ3n) is 5.78. The van der Waals surface area contributed by atoms with Gasteiger partial charge in [-0.25, -0.2) is 4.68 Å². The number of nitrogens with zero attached hydrogens (tertiary/aromatic N) is 4. The summed E-state index contributed by atoms with van der Waals surface area (Å²) in [6.45, 7) is 7.84. The van der Waals surface area contributed by atoms with Crippen molar-refractivity contribution in [2.75, 3.05) is 20.3 Å². The highest BCUT2D eigenvalue weighted by atomic mass is 35.5. The molecule has 0 aliphatic carbocycles. The number of hydrogen-bond donors (Lipinski definition) is 0. The summed E-state index contributed by atoms with van der Waals surface area (Å²) in [5.74, 6) is -1.70. The molecule has 0 bridgehead atoms. The van der Waals surface area contributed by atoms with E-state index in [9.17, 15) is 14.7 Å². The molecule has 0 fully saturated rings. The molecule has 9 heteroatoms. The standard InChI is InChI=1S/C26H27ClN4O4/c1-15(2)22-20(25(33)31(28-22)19-8-6-7-18(27)12-19)21-23(29-13-16(3)11-17(4)14-29)26(34)30(24(21)32)9-10-35-5/h6-8,11-15H,9-10H2,1-5H3. The van der Waals surface area contributed by atoms with Crippen molar-refractivity contribution in [3.8, 4) is 11.6 Å². The number of rotatable bonds is 7.